The summed E-state index contributed by atoms with van der Waals surface area (Å²) in [5.74, 6) is 0.512. The molecule has 0 aliphatic rings. The Bertz CT molecular complexity index is 1100. The second-order valence-electron chi connectivity index (χ2n) is 6.19. The molecule has 2 N–H and O–H groups in total. The number of rotatable bonds is 6. The van der Waals surface area contributed by atoms with Crippen molar-refractivity contribution in [3.05, 3.63) is 77.6 Å². The smallest absolute Gasteiger partial charge is 0.271 e. The minimum atomic E-state index is -0.253. The third kappa shape index (κ3) is 4.29. The van der Waals surface area contributed by atoms with E-state index in [1.54, 1.807) is 41.0 Å². The molecule has 2 aromatic heterocycles. The van der Waals surface area contributed by atoms with E-state index < -0.39 is 0 Å². The minimum absolute atomic E-state index is 0.253. The van der Waals surface area contributed by atoms with Crippen molar-refractivity contribution in [2.45, 2.75) is 10.9 Å². The van der Waals surface area contributed by atoms with E-state index in [4.69, 9.17) is 0 Å². The van der Waals surface area contributed by atoms with Gasteiger partial charge in [-0.05, 0) is 29.8 Å². The SMILES string of the molecule is Cn1cc(/C=N/NC(=O)c2ccc(CSc3nc4ccccc4[nH]3)cc2)cn1. The molecule has 0 aliphatic carbocycles. The van der Waals surface area contributed by atoms with E-state index in [0.717, 1.165) is 33.1 Å². The summed E-state index contributed by atoms with van der Waals surface area (Å²) in [6.07, 6.45) is 5.04. The van der Waals surface area contributed by atoms with Gasteiger partial charge in [-0.3, -0.25) is 9.48 Å². The highest BCUT2D eigenvalue weighted by Crippen LogP contribution is 2.23. The van der Waals surface area contributed by atoms with Gasteiger partial charge in [-0.15, -0.1) is 0 Å². The van der Waals surface area contributed by atoms with Gasteiger partial charge in [0.05, 0.1) is 23.4 Å². The third-order valence-corrected chi connectivity index (χ3v) is 5.01. The van der Waals surface area contributed by atoms with Crippen LogP contribution in [0.4, 0.5) is 0 Å². The molecule has 4 rings (SSSR count). The van der Waals surface area contributed by atoms with Gasteiger partial charge in [0.25, 0.3) is 5.91 Å². The zero-order valence-corrected chi connectivity index (χ0v) is 16.0. The molecule has 8 heteroatoms. The summed E-state index contributed by atoms with van der Waals surface area (Å²) in [5.41, 5.74) is 7.00. The van der Waals surface area contributed by atoms with E-state index in [2.05, 4.69) is 25.6 Å². The quantitative estimate of drug-likeness (QED) is 0.300. The average molecular weight is 390 g/mol. The van der Waals surface area contributed by atoms with E-state index in [0.29, 0.717) is 5.56 Å². The van der Waals surface area contributed by atoms with Gasteiger partial charge in [0.15, 0.2) is 5.16 Å². The number of H-pyrrole nitrogens is 1. The molecular formula is C20H18N6OS. The van der Waals surface area contributed by atoms with Gasteiger partial charge in [-0.2, -0.15) is 10.2 Å². The number of carbonyl (C=O) groups is 1. The molecule has 0 saturated heterocycles. The normalized spacial score (nSPS) is 11.3. The lowest BCUT2D eigenvalue weighted by Gasteiger charge is -2.02. The fourth-order valence-electron chi connectivity index (χ4n) is 2.64. The Labute approximate surface area is 165 Å². The zero-order chi connectivity index (χ0) is 19.3. The predicted octanol–water partition coefficient (Wildman–Crippen LogP) is 3.35. The van der Waals surface area contributed by atoms with Crippen molar-refractivity contribution in [2.24, 2.45) is 12.1 Å². The molecule has 4 aromatic rings. The molecule has 2 aromatic carbocycles. The Morgan fingerprint density at radius 2 is 2.07 bits per heavy atom. The van der Waals surface area contributed by atoms with Crippen LogP contribution in [-0.4, -0.2) is 31.9 Å². The van der Waals surface area contributed by atoms with Crippen molar-refractivity contribution in [3.8, 4) is 0 Å². The maximum atomic E-state index is 12.2. The first kappa shape index (κ1) is 18.0. The lowest BCUT2D eigenvalue weighted by Crippen LogP contribution is -2.17. The molecular weight excluding hydrogens is 372 g/mol. The highest BCUT2D eigenvalue weighted by molar-refractivity contribution is 7.98. The van der Waals surface area contributed by atoms with Gasteiger partial charge < -0.3 is 4.98 Å². The van der Waals surface area contributed by atoms with Crippen LogP contribution in [0.1, 0.15) is 21.5 Å². The number of carbonyl (C=O) groups excluding carboxylic acids is 1. The van der Waals surface area contributed by atoms with Crippen LogP contribution in [0.15, 0.2) is 71.2 Å². The van der Waals surface area contributed by atoms with Crippen LogP contribution in [0.25, 0.3) is 11.0 Å². The molecule has 0 fully saturated rings. The number of para-hydroxylation sites is 2. The van der Waals surface area contributed by atoms with Crippen LogP contribution in [0.2, 0.25) is 0 Å². The van der Waals surface area contributed by atoms with E-state index in [1.807, 2.05) is 49.6 Å². The van der Waals surface area contributed by atoms with Gasteiger partial charge in [-0.25, -0.2) is 10.4 Å². The number of fused-ring (bicyclic) bond motifs is 1. The van der Waals surface area contributed by atoms with Crippen LogP contribution in [0.5, 0.6) is 0 Å². The number of aromatic amines is 1. The Balaban J connectivity index is 1.32. The van der Waals surface area contributed by atoms with Gasteiger partial charge in [0.2, 0.25) is 0 Å². The first-order valence-corrected chi connectivity index (χ1v) is 9.64. The molecule has 0 bridgehead atoms. The summed E-state index contributed by atoms with van der Waals surface area (Å²) >= 11 is 1.63. The van der Waals surface area contributed by atoms with Crippen molar-refractivity contribution in [2.75, 3.05) is 0 Å². The molecule has 140 valence electrons. The van der Waals surface area contributed by atoms with E-state index in [-0.39, 0.29) is 5.91 Å². The molecule has 0 radical (unpaired) electrons. The second-order valence-corrected chi connectivity index (χ2v) is 7.16. The summed E-state index contributed by atoms with van der Waals surface area (Å²) in [6.45, 7) is 0. The Morgan fingerprint density at radius 3 is 2.82 bits per heavy atom. The molecule has 1 amide bonds. The minimum Gasteiger partial charge on any atom is -0.333 e. The number of nitrogens with one attached hydrogen (secondary N) is 2. The number of thioether (sulfide) groups is 1. The Hall–Kier alpha value is -3.39. The number of nitrogens with zero attached hydrogens (tertiary/aromatic N) is 4. The molecule has 0 unspecified atom stereocenters. The summed E-state index contributed by atoms with van der Waals surface area (Å²) in [7, 11) is 1.82. The van der Waals surface area contributed by atoms with Crippen LogP contribution in [0.3, 0.4) is 0 Å². The first-order valence-electron chi connectivity index (χ1n) is 8.66. The number of hydrogen-bond donors (Lipinski definition) is 2. The van der Waals surface area contributed by atoms with Crippen LogP contribution >= 0.6 is 11.8 Å². The molecule has 0 aliphatic heterocycles. The monoisotopic (exact) mass is 390 g/mol. The molecule has 2 heterocycles. The Kier molecular flexibility index (Phi) is 5.20. The summed E-state index contributed by atoms with van der Waals surface area (Å²) in [4.78, 5) is 20.0. The van der Waals surface area contributed by atoms with Crippen LogP contribution < -0.4 is 5.43 Å². The van der Waals surface area contributed by atoms with Crippen molar-refractivity contribution < 1.29 is 4.79 Å². The standard InChI is InChI=1S/C20H18N6OS/c1-26-12-15(11-22-26)10-21-25-19(27)16-8-6-14(7-9-16)13-28-20-23-17-4-2-3-5-18(17)24-20/h2-12H,13H2,1H3,(H,23,24)(H,25,27)/b21-10+. The zero-order valence-electron chi connectivity index (χ0n) is 15.2. The maximum Gasteiger partial charge on any atom is 0.271 e. The fourth-order valence-corrected chi connectivity index (χ4v) is 3.48. The highest BCUT2D eigenvalue weighted by atomic mass is 32.2. The molecule has 0 saturated carbocycles. The van der Waals surface area contributed by atoms with Crippen molar-refractivity contribution >= 4 is 34.9 Å². The van der Waals surface area contributed by atoms with Gasteiger partial charge in [0, 0.05) is 30.1 Å². The van der Waals surface area contributed by atoms with E-state index in [1.165, 1.54) is 0 Å². The number of aromatic nitrogens is 4. The molecule has 0 spiro atoms. The average Bonchev–Trinajstić information content (AvgIpc) is 3.32. The number of hydrazone groups is 1. The van der Waals surface area contributed by atoms with Gasteiger partial charge in [-0.1, -0.05) is 36.0 Å². The van der Waals surface area contributed by atoms with Crippen LogP contribution in [0, 0.1) is 0 Å². The number of imidazole rings is 1. The lowest BCUT2D eigenvalue weighted by atomic mass is 10.1. The van der Waals surface area contributed by atoms with Crippen molar-refractivity contribution in [1.82, 2.24) is 25.2 Å². The maximum absolute atomic E-state index is 12.2. The largest absolute Gasteiger partial charge is 0.333 e. The van der Waals surface area contributed by atoms with Gasteiger partial charge in [0.1, 0.15) is 0 Å². The third-order valence-electron chi connectivity index (χ3n) is 4.06. The Morgan fingerprint density at radius 1 is 1.25 bits per heavy atom. The van der Waals surface area contributed by atoms with E-state index in [9.17, 15) is 4.79 Å². The first-order chi connectivity index (χ1) is 13.7. The number of amides is 1. The second kappa shape index (κ2) is 8.10. The van der Waals surface area contributed by atoms with Crippen molar-refractivity contribution in [3.63, 3.8) is 0 Å². The fraction of sp³-hybridized carbons (Fsp3) is 0.100. The van der Waals surface area contributed by atoms with E-state index >= 15 is 0 Å². The van der Waals surface area contributed by atoms with Crippen LogP contribution in [-0.2, 0) is 12.8 Å². The summed E-state index contributed by atoms with van der Waals surface area (Å²) < 4.78 is 1.67. The predicted molar refractivity (Wildman–Crippen MR) is 110 cm³/mol. The molecule has 0 atom stereocenters. The number of aryl methyl sites for hydroxylation is 1. The summed E-state index contributed by atoms with van der Waals surface area (Å²) in [6, 6.07) is 15.4. The lowest BCUT2D eigenvalue weighted by molar-refractivity contribution is 0.0955. The number of benzene rings is 2. The topological polar surface area (TPSA) is 88.0 Å². The van der Waals surface area contributed by atoms with Gasteiger partial charge >= 0.3 is 0 Å². The number of hydrogen-bond acceptors (Lipinski definition) is 5. The molecule has 28 heavy (non-hydrogen) atoms. The molecule has 7 nitrogen and oxygen atoms in total. The van der Waals surface area contributed by atoms with Crippen molar-refractivity contribution in [1.29, 1.82) is 0 Å². The highest BCUT2D eigenvalue weighted by Gasteiger charge is 2.06. The summed E-state index contributed by atoms with van der Waals surface area (Å²) in [5, 5.41) is 8.88.